The summed E-state index contributed by atoms with van der Waals surface area (Å²) in [6.07, 6.45) is -6.81. The van der Waals surface area contributed by atoms with Crippen molar-refractivity contribution in [3.63, 3.8) is 0 Å². The van der Waals surface area contributed by atoms with Crippen molar-refractivity contribution in [1.82, 2.24) is 4.31 Å². The molecule has 1 saturated heterocycles. The van der Waals surface area contributed by atoms with E-state index >= 15 is 0 Å². The van der Waals surface area contributed by atoms with Gasteiger partial charge in [-0.05, 0) is 18.9 Å². The number of hydrogen-bond acceptors (Lipinski definition) is 4. The van der Waals surface area contributed by atoms with Gasteiger partial charge in [0.2, 0.25) is 5.09 Å². The van der Waals surface area contributed by atoms with Crippen LogP contribution in [-0.2, 0) is 10.0 Å². The van der Waals surface area contributed by atoms with Gasteiger partial charge in [-0.1, -0.05) is 24.6 Å². The van der Waals surface area contributed by atoms with Gasteiger partial charge in [0.25, 0.3) is 10.0 Å². The summed E-state index contributed by atoms with van der Waals surface area (Å²) in [5, 5.41) is 9.70. The van der Waals surface area contributed by atoms with Gasteiger partial charge in [-0.3, -0.25) is 0 Å². The Morgan fingerprint density at radius 3 is 2.62 bits per heavy atom. The molecule has 0 aliphatic carbocycles. The van der Waals surface area contributed by atoms with E-state index in [1.807, 2.05) is 0 Å². The second-order valence-electron chi connectivity index (χ2n) is 5.77. The molecule has 132 valence electrons. The van der Waals surface area contributed by atoms with Crippen molar-refractivity contribution in [2.75, 3.05) is 6.54 Å². The molecular formula is C15H16F3NO4S. The average Bonchev–Trinajstić information content (AvgIpc) is 2.98. The molecule has 2 atom stereocenters. The Kier molecular flexibility index (Phi) is 4.35. The highest BCUT2D eigenvalue weighted by Crippen LogP contribution is 2.34. The minimum Gasteiger partial charge on any atom is -0.443 e. The Hall–Kier alpha value is -1.58. The molecule has 0 amide bonds. The summed E-state index contributed by atoms with van der Waals surface area (Å²) in [5.74, 6) is 0. The standard InChI is InChI=1S/C15H16F3NO4S/c16-15(17,18)14(20)11-6-3-4-8-19(11)24(21,22)13-9-10-5-1-2-7-12(10)23-13/h1-2,5,7,9,11,14,20H,3-4,6,8H2/t11-,14-/m0/s1. The largest absolute Gasteiger partial charge is 0.443 e. The number of hydrogen-bond donors (Lipinski definition) is 1. The normalized spacial score (nSPS) is 21.9. The number of fused-ring (bicyclic) bond motifs is 1. The monoisotopic (exact) mass is 363 g/mol. The quantitative estimate of drug-likeness (QED) is 0.910. The Labute approximate surface area is 136 Å². The number of halogens is 3. The number of benzene rings is 1. The third-order valence-electron chi connectivity index (χ3n) is 4.16. The van der Waals surface area contributed by atoms with Crippen molar-refractivity contribution < 1.29 is 31.1 Å². The summed E-state index contributed by atoms with van der Waals surface area (Å²) in [7, 11) is -4.27. The smallest absolute Gasteiger partial charge is 0.415 e. The molecule has 1 aromatic carbocycles. The highest BCUT2D eigenvalue weighted by molar-refractivity contribution is 7.89. The number of para-hydroxylation sites is 1. The lowest BCUT2D eigenvalue weighted by atomic mass is 9.99. The van der Waals surface area contributed by atoms with Crippen molar-refractivity contribution in [2.24, 2.45) is 0 Å². The van der Waals surface area contributed by atoms with E-state index in [-0.39, 0.29) is 13.0 Å². The number of alkyl halides is 3. The van der Waals surface area contributed by atoms with Gasteiger partial charge in [-0.15, -0.1) is 0 Å². The van der Waals surface area contributed by atoms with Gasteiger partial charge in [-0.25, -0.2) is 8.42 Å². The minimum absolute atomic E-state index is 0.0554. The topological polar surface area (TPSA) is 70.8 Å². The Bertz CT molecular complexity index is 798. The molecule has 0 bridgehead atoms. The molecule has 3 rings (SSSR count). The van der Waals surface area contributed by atoms with Crippen molar-refractivity contribution in [3.05, 3.63) is 30.3 Å². The fraction of sp³-hybridized carbons (Fsp3) is 0.467. The van der Waals surface area contributed by atoms with Crippen LogP contribution in [0.2, 0.25) is 0 Å². The average molecular weight is 363 g/mol. The number of furan rings is 1. The lowest BCUT2D eigenvalue weighted by molar-refractivity contribution is -0.219. The summed E-state index contributed by atoms with van der Waals surface area (Å²) in [6.45, 7) is -0.0861. The van der Waals surface area contributed by atoms with Crippen LogP contribution in [0.3, 0.4) is 0 Å². The molecule has 0 saturated carbocycles. The van der Waals surface area contributed by atoms with Crippen LogP contribution >= 0.6 is 0 Å². The molecule has 0 radical (unpaired) electrons. The van der Waals surface area contributed by atoms with Gasteiger partial charge in [-0.2, -0.15) is 17.5 Å². The number of sulfonamides is 1. The molecule has 1 aliphatic heterocycles. The van der Waals surface area contributed by atoms with Crippen LogP contribution in [0.25, 0.3) is 11.0 Å². The van der Waals surface area contributed by atoms with E-state index in [4.69, 9.17) is 4.42 Å². The molecule has 2 aromatic rings. The second-order valence-corrected chi connectivity index (χ2v) is 7.59. The van der Waals surface area contributed by atoms with E-state index in [0.29, 0.717) is 28.1 Å². The maximum absolute atomic E-state index is 12.9. The van der Waals surface area contributed by atoms with E-state index in [1.54, 1.807) is 24.3 Å². The molecule has 1 aliphatic rings. The van der Waals surface area contributed by atoms with Crippen LogP contribution in [0.15, 0.2) is 39.8 Å². The summed E-state index contributed by atoms with van der Waals surface area (Å²) < 4.78 is 70.1. The first-order chi connectivity index (χ1) is 11.2. The molecule has 1 N–H and O–H groups in total. The van der Waals surface area contributed by atoms with E-state index in [2.05, 4.69) is 0 Å². The Morgan fingerprint density at radius 2 is 1.96 bits per heavy atom. The zero-order valence-corrected chi connectivity index (χ0v) is 13.3. The highest BCUT2D eigenvalue weighted by Gasteiger charge is 2.49. The highest BCUT2D eigenvalue weighted by atomic mass is 32.2. The van der Waals surface area contributed by atoms with Gasteiger partial charge >= 0.3 is 6.18 Å². The fourth-order valence-electron chi connectivity index (χ4n) is 2.96. The first-order valence-electron chi connectivity index (χ1n) is 7.46. The van der Waals surface area contributed by atoms with Gasteiger partial charge in [0.1, 0.15) is 5.58 Å². The zero-order valence-electron chi connectivity index (χ0n) is 12.5. The molecule has 24 heavy (non-hydrogen) atoms. The van der Waals surface area contributed by atoms with Crippen LogP contribution in [0.5, 0.6) is 0 Å². The molecule has 9 heteroatoms. The van der Waals surface area contributed by atoms with Crippen molar-refractivity contribution >= 4 is 21.0 Å². The summed E-state index contributed by atoms with van der Waals surface area (Å²) >= 11 is 0. The minimum atomic E-state index is -4.89. The number of rotatable bonds is 3. The lowest BCUT2D eigenvalue weighted by Gasteiger charge is -2.37. The maximum atomic E-state index is 12.9. The van der Waals surface area contributed by atoms with E-state index in [0.717, 1.165) is 0 Å². The number of aliphatic hydroxyl groups excluding tert-OH is 1. The van der Waals surface area contributed by atoms with E-state index in [9.17, 15) is 26.7 Å². The molecule has 1 fully saturated rings. The zero-order chi connectivity index (χ0) is 17.5. The number of nitrogens with zero attached hydrogens (tertiary/aromatic N) is 1. The van der Waals surface area contributed by atoms with Crippen LogP contribution in [0.1, 0.15) is 19.3 Å². The Morgan fingerprint density at radius 1 is 1.25 bits per heavy atom. The number of piperidine rings is 1. The third-order valence-corrected chi connectivity index (χ3v) is 5.94. The lowest BCUT2D eigenvalue weighted by Crippen LogP contribution is -2.54. The summed E-state index contributed by atoms with van der Waals surface area (Å²) in [5.41, 5.74) is 0.334. The molecule has 2 heterocycles. The SMILES string of the molecule is O=S(=O)(c1cc2ccccc2o1)N1CCCC[C@H]1[C@H](O)C(F)(F)F. The molecule has 0 spiro atoms. The predicted molar refractivity (Wildman–Crippen MR) is 79.8 cm³/mol. The van der Waals surface area contributed by atoms with Crippen molar-refractivity contribution in [1.29, 1.82) is 0 Å². The van der Waals surface area contributed by atoms with Crippen LogP contribution in [0.4, 0.5) is 13.2 Å². The van der Waals surface area contributed by atoms with Crippen molar-refractivity contribution in [3.8, 4) is 0 Å². The fourth-order valence-corrected chi connectivity index (χ4v) is 4.61. The van der Waals surface area contributed by atoms with Crippen molar-refractivity contribution in [2.45, 2.75) is 42.7 Å². The summed E-state index contributed by atoms with van der Waals surface area (Å²) in [4.78, 5) is 0. The summed E-state index contributed by atoms with van der Waals surface area (Å²) in [6, 6.07) is 6.33. The third kappa shape index (κ3) is 3.03. The Balaban J connectivity index is 1.99. The molecule has 5 nitrogen and oxygen atoms in total. The number of aliphatic hydroxyl groups is 1. The van der Waals surface area contributed by atoms with Crippen LogP contribution < -0.4 is 0 Å². The van der Waals surface area contributed by atoms with Gasteiger partial charge in [0.05, 0.1) is 6.04 Å². The maximum Gasteiger partial charge on any atom is 0.415 e. The molecule has 1 aromatic heterocycles. The van der Waals surface area contributed by atoms with Gasteiger partial charge < -0.3 is 9.52 Å². The van der Waals surface area contributed by atoms with E-state index in [1.165, 1.54) is 6.07 Å². The van der Waals surface area contributed by atoms with E-state index < -0.39 is 33.4 Å². The van der Waals surface area contributed by atoms with Crippen LogP contribution in [-0.4, -0.2) is 42.7 Å². The first kappa shape index (κ1) is 17.2. The predicted octanol–water partition coefficient (Wildman–Crippen LogP) is 2.90. The second kappa shape index (κ2) is 6.05. The van der Waals surface area contributed by atoms with Gasteiger partial charge in [0.15, 0.2) is 6.10 Å². The molecule has 0 unspecified atom stereocenters. The molecular weight excluding hydrogens is 347 g/mol. The first-order valence-corrected chi connectivity index (χ1v) is 8.90. The van der Waals surface area contributed by atoms with Crippen LogP contribution in [0, 0.1) is 0 Å². The van der Waals surface area contributed by atoms with Gasteiger partial charge in [0, 0.05) is 18.0 Å².